The summed E-state index contributed by atoms with van der Waals surface area (Å²) >= 11 is 0. The first kappa shape index (κ1) is 19.5. The highest BCUT2D eigenvalue weighted by Crippen LogP contribution is 2.29. The van der Waals surface area contributed by atoms with Crippen molar-refractivity contribution in [2.24, 2.45) is 5.73 Å². The Kier molecular flexibility index (Phi) is 10.4. The van der Waals surface area contributed by atoms with Crippen molar-refractivity contribution in [3.63, 3.8) is 0 Å². The van der Waals surface area contributed by atoms with Crippen LogP contribution in [0.2, 0.25) is 0 Å². The van der Waals surface area contributed by atoms with E-state index >= 15 is 0 Å². The van der Waals surface area contributed by atoms with Crippen LogP contribution in [0.3, 0.4) is 0 Å². The lowest BCUT2D eigenvalue weighted by molar-refractivity contribution is -0.116. The minimum atomic E-state index is 0. The molecule has 0 unspecified atom stereocenters. The summed E-state index contributed by atoms with van der Waals surface area (Å²) in [5.74, 6) is 1.27. The SMILES string of the molecule is COc1ccc(NC(=O)CCCCCCN)cc1OC.Cl. The molecule has 0 heterocycles. The van der Waals surface area contributed by atoms with Crippen LogP contribution in [0.25, 0.3) is 0 Å². The minimum absolute atomic E-state index is 0. The highest BCUT2D eigenvalue weighted by Gasteiger charge is 2.07. The molecule has 6 heteroatoms. The normalized spacial score (nSPS) is 9.67. The summed E-state index contributed by atoms with van der Waals surface area (Å²) < 4.78 is 10.3. The maximum absolute atomic E-state index is 11.8. The summed E-state index contributed by atoms with van der Waals surface area (Å²) in [6.45, 7) is 0.720. The van der Waals surface area contributed by atoms with E-state index in [2.05, 4.69) is 5.32 Å². The van der Waals surface area contributed by atoms with E-state index in [1.165, 1.54) is 0 Å². The van der Waals surface area contributed by atoms with Crippen LogP contribution in [0, 0.1) is 0 Å². The minimum Gasteiger partial charge on any atom is -0.493 e. The molecule has 1 rings (SSSR count). The number of carbonyl (C=O) groups is 1. The molecule has 120 valence electrons. The molecular weight excluding hydrogens is 292 g/mol. The number of nitrogens with two attached hydrogens (primary N) is 1. The number of rotatable bonds is 9. The number of carbonyl (C=O) groups excluding carboxylic acids is 1. The van der Waals surface area contributed by atoms with Crippen molar-refractivity contribution in [3.8, 4) is 11.5 Å². The molecule has 0 aliphatic heterocycles. The predicted octanol–water partition coefficient (Wildman–Crippen LogP) is 2.97. The molecule has 1 amide bonds. The van der Waals surface area contributed by atoms with Gasteiger partial charge in [-0.1, -0.05) is 12.8 Å². The number of ether oxygens (including phenoxy) is 2. The molecule has 0 spiro atoms. The van der Waals surface area contributed by atoms with Gasteiger partial charge in [0.2, 0.25) is 5.91 Å². The first-order chi connectivity index (χ1) is 9.71. The lowest BCUT2D eigenvalue weighted by Gasteiger charge is -2.10. The summed E-state index contributed by atoms with van der Waals surface area (Å²) in [7, 11) is 3.15. The van der Waals surface area contributed by atoms with E-state index in [0.717, 1.165) is 37.9 Å². The molecule has 0 aliphatic rings. The smallest absolute Gasteiger partial charge is 0.224 e. The second-order valence-electron chi connectivity index (χ2n) is 4.57. The summed E-state index contributed by atoms with van der Waals surface area (Å²) in [5, 5.41) is 2.86. The van der Waals surface area contributed by atoms with Crippen LogP contribution in [0.4, 0.5) is 5.69 Å². The standard InChI is InChI=1S/C15H24N2O3.ClH/c1-19-13-9-8-12(11-14(13)20-2)17-15(18)7-5-3-4-6-10-16;/h8-9,11H,3-7,10,16H2,1-2H3,(H,17,18);1H. The van der Waals surface area contributed by atoms with Crippen LogP contribution < -0.4 is 20.5 Å². The van der Waals surface area contributed by atoms with Gasteiger partial charge in [-0.05, 0) is 31.5 Å². The van der Waals surface area contributed by atoms with Crippen molar-refractivity contribution in [2.75, 3.05) is 26.1 Å². The van der Waals surface area contributed by atoms with E-state index < -0.39 is 0 Å². The van der Waals surface area contributed by atoms with Gasteiger partial charge in [0.05, 0.1) is 14.2 Å². The van der Waals surface area contributed by atoms with Gasteiger partial charge in [-0.2, -0.15) is 0 Å². The predicted molar refractivity (Wildman–Crippen MR) is 87.6 cm³/mol. The number of nitrogens with one attached hydrogen (secondary N) is 1. The number of hydrogen-bond donors (Lipinski definition) is 2. The maximum Gasteiger partial charge on any atom is 0.224 e. The number of benzene rings is 1. The first-order valence-corrected chi connectivity index (χ1v) is 6.93. The average Bonchev–Trinajstić information content (AvgIpc) is 2.46. The van der Waals surface area contributed by atoms with Crippen LogP contribution in [0.5, 0.6) is 11.5 Å². The Morgan fingerprint density at radius 2 is 1.76 bits per heavy atom. The van der Waals surface area contributed by atoms with Gasteiger partial charge in [-0.3, -0.25) is 4.79 Å². The molecule has 0 saturated heterocycles. The Bertz CT molecular complexity index is 427. The number of anilines is 1. The number of methoxy groups -OCH3 is 2. The van der Waals surface area contributed by atoms with E-state index in [1.54, 1.807) is 32.4 Å². The van der Waals surface area contributed by atoms with Crippen molar-refractivity contribution >= 4 is 24.0 Å². The molecule has 0 bridgehead atoms. The third-order valence-electron chi connectivity index (χ3n) is 3.03. The van der Waals surface area contributed by atoms with Crippen molar-refractivity contribution in [3.05, 3.63) is 18.2 Å². The Balaban J connectivity index is 0.00000400. The molecule has 21 heavy (non-hydrogen) atoms. The number of unbranched alkanes of at least 4 members (excludes halogenated alkanes) is 3. The molecule has 0 atom stereocenters. The molecule has 0 fully saturated rings. The zero-order chi connectivity index (χ0) is 14.8. The third-order valence-corrected chi connectivity index (χ3v) is 3.03. The molecule has 3 N–H and O–H groups in total. The first-order valence-electron chi connectivity index (χ1n) is 6.93. The topological polar surface area (TPSA) is 73.6 Å². The van der Waals surface area contributed by atoms with Gasteiger partial charge in [0.25, 0.3) is 0 Å². The number of amides is 1. The van der Waals surface area contributed by atoms with E-state index in [9.17, 15) is 4.79 Å². The van der Waals surface area contributed by atoms with Crippen molar-refractivity contribution in [1.82, 2.24) is 0 Å². The molecule has 0 aromatic heterocycles. The largest absolute Gasteiger partial charge is 0.493 e. The van der Waals surface area contributed by atoms with E-state index in [1.807, 2.05) is 0 Å². The summed E-state index contributed by atoms with van der Waals surface area (Å²) in [6.07, 6.45) is 4.56. The van der Waals surface area contributed by atoms with Gasteiger partial charge < -0.3 is 20.5 Å². The highest BCUT2D eigenvalue weighted by atomic mass is 35.5. The van der Waals surface area contributed by atoms with E-state index in [-0.39, 0.29) is 18.3 Å². The van der Waals surface area contributed by atoms with Crippen molar-refractivity contribution in [2.45, 2.75) is 32.1 Å². The van der Waals surface area contributed by atoms with Crippen LogP contribution >= 0.6 is 12.4 Å². The van der Waals surface area contributed by atoms with Crippen LogP contribution in [0.15, 0.2) is 18.2 Å². The molecule has 0 aliphatic carbocycles. The second-order valence-corrected chi connectivity index (χ2v) is 4.57. The van der Waals surface area contributed by atoms with E-state index in [0.29, 0.717) is 17.9 Å². The summed E-state index contributed by atoms with van der Waals surface area (Å²) in [5.41, 5.74) is 6.14. The third kappa shape index (κ3) is 7.20. The van der Waals surface area contributed by atoms with Gasteiger partial charge in [-0.25, -0.2) is 0 Å². The fraction of sp³-hybridized carbons (Fsp3) is 0.533. The molecule has 0 radical (unpaired) electrons. The fourth-order valence-electron chi connectivity index (χ4n) is 1.92. The molecule has 1 aromatic rings. The zero-order valence-corrected chi connectivity index (χ0v) is 13.5. The Hall–Kier alpha value is -1.46. The molecule has 5 nitrogen and oxygen atoms in total. The average molecular weight is 317 g/mol. The van der Waals surface area contributed by atoms with Crippen LogP contribution in [-0.2, 0) is 4.79 Å². The van der Waals surface area contributed by atoms with E-state index in [4.69, 9.17) is 15.2 Å². The van der Waals surface area contributed by atoms with Crippen molar-refractivity contribution < 1.29 is 14.3 Å². The summed E-state index contributed by atoms with van der Waals surface area (Å²) in [6, 6.07) is 5.33. The highest BCUT2D eigenvalue weighted by molar-refractivity contribution is 5.91. The Morgan fingerprint density at radius 3 is 2.38 bits per heavy atom. The number of halogens is 1. The summed E-state index contributed by atoms with van der Waals surface area (Å²) in [4.78, 5) is 11.8. The Labute approximate surface area is 132 Å². The van der Waals surface area contributed by atoms with Gasteiger partial charge in [0, 0.05) is 18.2 Å². The zero-order valence-electron chi connectivity index (χ0n) is 12.7. The molecule has 0 saturated carbocycles. The fourth-order valence-corrected chi connectivity index (χ4v) is 1.92. The Morgan fingerprint density at radius 1 is 1.10 bits per heavy atom. The lowest BCUT2D eigenvalue weighted by Crippen LogP contribution is -2.11. The maximum atomic E-state index is 11.8. The van der Waals surface area contributed by atoms with Gasteiger partial charge in [-0.15, -0.1) is 12.4 Å². The van der Waals surface area contributed by atoms with Gasteiger partial charge >= 0.3 is 0 Å². The molecule has 1 aromatic carbocycles. The van der Waals surface area contributed by atoms with Crippen molar-refractivity contribution in [1.29, 1.82) is 0 Å². The van der Waals surface area contributed by atoms with Crippen LogP contribution in [0.1, 0.15) is 32.1 Å². The monoisotopic (exact) mass is 316 g/mol. The quantitative estimate of drug-likeness (QED) is 0.687. The van der Waals surface area contributed by atoms with Gasteiger partial charge in [0.15, 0.2) is 11.5 Å². The second kappa shape index (κ2) is 11.2. The molecular formula is C15H25ClN2O3. The van der Waals surface area contributed by atoms with Crippen LogP contribution in [-0.4, -0.2) is 26.7 Å². The number of hydrogen-bond acceptors (Lipinski definition) is 4. The lowest BCUT2D eigenvalue weighted by atomic mass is 10.1. The van der Waals surface area contributed by atoms with Gasteiger partial charge in [0.1, 0.15) is 0 Å².